The standard InChI is InChI=1S/C15H14N2O2/c16-12-10-17(15(12)18)13-8-4-5-9-14(13)19-11-6-2-1-3-7-11/h1-9,12H,10,16H2. The maximum Gasteiger partial charge on any atom is 0.245 e. The smallest absolute Gasteiger partial charge is 0.245 e. The minimum Gasteiger partial charge on any atom is -0.455 e. The van der Waals surface area contributed by atoms with Gasteiger partial charge in [-0.1, -0.05) is 30.3 Å². The summed E-state index contributed by atoms with van der Waals surface area (Å²) in [5.41, 5.74) is 6.38. The Morgan fingerprint density at radius 1 is 1.05 bits per heavy atom. The molecule has 0 bridgehead atoms. The summed E-state index contributed by atoms with van der Waals surface area (Å²) in [6.07, 6.45) is 0. The number of para-hydroxylation sites is 3. The van der Waals surface area contributed by atoms with Gasteiger partial charge in [-0.15, -0.1) is 0 Å². The zero-order valence-corrected chi connectivity index (χ0v) is 10.3. The lowest BCUT2D eigenvalue weighted by atomic mass is 10.1. The second kappa shape index (κ2) is 4.74. The lowest BCUT2D eigenvalue weighted by molar-refractivity contribution is -0.123. The second-order valence-electron chi connectivity index (χ2n) is 4.44. The van der Waals surface area contributed by atoms with E-state index in [0.29, 0.717) is 12.3 Å². The Morgan fingerprint density at radius 2 is 1.74 bits per heavy atom. The Morgan fingerprint density at radius 3 is 2.42 bits per heavy atom. The van der Waals surface area contributed by atoms with E-state index in [0.717, 1.165) is 11.4 Å². The first kappa shape index (κ1) is 11.7. The summed E-state index contributed by atoms with van der Waals surface area (Å²) in [7, 11) is 0. The van der Waals surface area contributed by atoms with Crippen molar-refractivity contribution in [1.29, 1.82) is 0 Å². The fourth-order valence-corrected chi connectivity index (χ4v) is 2.05. The molecule has 3 rings (SSSR count). The van der Waals surface area contributed by atoms with Crippen LogP contribution in [-0.4, -0.2) is 18.5 Å². The summed E-state index contributed by atoms with van der Waals surface area (Å²) >= 11 is 0. The normalized spacial score (nSPS) is 18.1. The van der Waals surface area contributed by atoms with Crippen molar-refractivity contribution in [2.75, 3.05) is 11.4 Å². The van der Waals surface area contributed by atoms with Crippen LogP contribution >= 0.6 is 0 Å². The zero-order chi connectivity index (χ0) is 13.2. The maximum absolute atomic E-state index is 11.7. The van der Waals surface area contributed by atoms with Crippen molar-refractivity contribution in [3.63, 3.8) is 0 Å². The first-order valence-electron chi connectivity index (χ1n) is 6.14. The van der Waals surface area contributed by atoms with Gasteiger partial charge in [0.1, 0.15) is 11.8 Å². The van der Waals surface area contributed by atoms with Gasteiger partial charge in [0, 0.05) is 0 Å². The van der Waals surface area contributed by atoms with Gasteiger partial charge in [0.05, 0.1) is 12.2 Å². The number of anilines is 1. The number of β-lactam (4-membered cyclic amide) rings is 1. The minimum absolute atomic E-state index is 0.0656. The Bertz CT molecular complexity index is 598. The Balaban J connectivity index is 1.88. The third-order valence-electron chi connectivity index (χ3n) is 3.09. The average molecular weight is 254 g/mol. The van der Waals surface area contributed by atoms with E-state index >= 15 is 0 Å². The van der Waals surface area contributed by atoms with Crippen LogP contribution in [-0.2, 0) is 4.79 Å². The number of benzene rings is 2. The second-order valence-corrected chi connectivity index (χ2v) is 4.44. The highest BCUT2D eigenvalue weighted by atomic mass is 16.5. The molecule has 1 amide bonds. The van der Waals surface area contributed by atoms with E-state index in [9.17, 15) is 4.79 Å². The van der Waals surface area contributed by atoms with Gasteiger partial charge in [-0.3, -0.25) is 4.79 Å². The van der Waals surface area contributed by atoms with Gasteiger partial charge in [-0.2, -0.15) is 0 Å². The number of carbonyl (C=O) groups excluding carboxylic acids is 1. The molecule has 0 aliphatic carbocycles. The largest absolute Gasteiger partial charge is 0.455 e. The molecule has 1 heterocycles. The summed E-state index contributed by atoms with van der Waals surface area (Å²) in [5, 5.41) is 0. The molecule has 2 N–H and O–H groups in total. The number of carbonyl (C=O) groups is 1. The molecule has 1 unspecified atom stereocenters. The van der Waals surface area contributed by atoms with Crippen molar-refractivity contribution in [2.45, 2.75) is 6.04 Å². The van der Waals surface area contributed by atoms with E-state index in [-0.39, 0.29) is 11.9 Å². The topological polar surface area (TPSA) is 55.6 Å². The van der Waals surface area contributed by atoms with Crippen molar-refractivity contribution in [3.05, 3.63) is 54.6 Å². The highest BCUT2D eigenvalue weighted by Gasteiger charge is 2.35. The van der Waals surface area contributed by atoms with Gasteiger partial charge < -0.3 is 15.4 Å². The van der Waals surface area contributed by atoms with Gasteiger partial charge in [-0.05, 0) is 24.3 Å². The van der Waals surface area contributed by atoms with Crippen LogP contribution < -0.4 is 15.4 Å². The van der Waals surface area contributed by atoms with Gasteiger partial charge in [0.15, 0.2) is 5.75 Å². The monoisotopic (exact) mass is 254 g/mol. The predicted octanol–water partition coefficient (Wildman–Crippen LogP) is 2.15. The number of nitrogens with two attached hydrogens (primary N) is 1. The molecule has 0 saturated carbocycles. The molecule has 4 heteroatoms. The number of nitrogens with zero attached hydrogens (tertiary/aromatic N) is 1. The highest BCUT2D eigenvalue weighted by molar-refractivity contribution is 6.04. The Kier molecular flexibility index (Phi) is 2.93. The van der Waals surface area contributed by atoms with Gasteiger partial charge in [0.25, 0.3) is 0 Å². The van der Waals surface area contributed by atoms with Gasteiger partial charge in [-0.25, -0.2) is 0 Å². The number of hydrogen-bond acceptors (Lipinski definition) is 3. The van der Waals surface area contributed by atoms with Crippen molar-refractivity contribution in [2.24, 2.45) is 5.73 Å². The summed E-state index contributed by atoms with van der Waals surface area (Å²) < 4.78 is 5.82. The van der Waals surface area contributed by atoms with E-state index in [4.69, 9.17) is 10.5 Å². The molecule has 1 fully saturated rings. The Labute approximate surface area is 111 Å². The summed E-state index contributed by atoms with van der Waals surface area (Å²) in [6, 6.07) is 16.6. The molecule has 1 aliphatic heterocycles. The average Bonchev–Trinajstić information content (AvgIpc) is 2.46. The molecule has 4 nitrogen and oxygen atoms in total. The van der Waals surface area contributed by atoms with Crippen LogP contribution in [0.5, 0.6) is 11.5 Å². The first-order valence-corrected chi connectivity index (χ1v) is 6.14. The first-order chi connectivity index (χ1) is 9.25. The number of amides is 1. The highest BCUT2D eigenvalue weighted by Crippen LogP contribution is 2.34. The van der Waals surface area contributed by atoms with E-state index in [2.05, 4.69) is 0 Å². The fourth-order valence-electron chi connectivity index (χ4n) is 2.05. The SMILES string of the molecule is NC1CN(c2ccccc2Oc2ccccc2)C1=O. The molecular weight excluding hydrogens is 240 g/mol. The van der Waals surface area contributed by atoms with E-state index < -0.39 is 0 Å². The van der Waals surface area contributed by atoms with Crippen LogP contribution in [0, 0.1) is 0 Å². The summed E-state index contributed by atoms with van der Waals surface area (Å²) in [6.45, 7) is 0.536. The van der Waals surface area contributed by atoms with Gasteiger partial charge in [0.2, 0.25) is 5.91 Å². The van der Waals surface area contributed by atoms with Crippen LogP contribution in [0.1, 0.15) is 0 Å². The van der Waals surface area contributed by atoms with Crippen molar-refractivity contribution < 1.29 is 9.53 Å². The molecule has 96 valence electrons. The molecule has 0 spiro atoms. The summed E-state index contributed by atoms with van der Waals surface area (Å²) in [5.74, 6) is 1.34. The third kappa shape index (κ3) is 2.18. The van der Waals surface area contributed by atoms with Crippen molar-refractivity contribution >= 4 is 11.6 Å². The fraction of sp³-hybridized carbons (Fsp3) is 0.133. The molecular formula is C15H14N2O2. The molecule has 2 aromatic carbocycles. The molecule has 0 radical (unpaired) electrons. The molecule has 19 heavy (non-hydrogen) atoms. The molecule has 1 aliphatic rings. The van der Waals surface area contributed by atoms with E-state index in [1.807, 2.05) is 54.6 Å². The molecule has 1 atom stereocenters. The van der Waals surface area contributed by atoms with Crippen LogP contribution in [0.25, 0.3) is 0 Å². The minimum atomic E-state index is -0.384. The predicted molar refractivity (Wildman–Crippen MR) is 73.3 cm³/mol. The van der Waals surface area contributed by atoms with E-state index in [1.165, 1.54) is 0 Å². The molecule has 2 aromatic rings. The lowest BCUT2D eigenvalue weighted by Crippen LogP contribution is -2.61. The van der Waals surface area contributed by atoms with Gasteiger partial charge >= 0.3 is 0 Å². The van der Waals surface area contributed by atoms with Crippen molar-refractivity contribution in [1.82, 2.24) is 0 Å². The zero-order valence-electron chi connectivity index (χ0n) is 10.3. The van der Waals surface area contributed by atoms with Crippen LogP contribution in [0.15, 0.2) is 54.6 Å². The number of rotatable bonds is 3. The van der Waals surface area contributed by atoms with Crippen LogP contribution in [0.4, 0.5) is 5.69 Å². The number of ether oxygens (including phenoxy) is 1. The van der Waals surface area contributed by atoms with E-state index in [1.54, 1.807) is 4.90 Å². The van der Waals surface area contributed by atoms with Crippen LogP contribution in [0.2, 0.25) is 0 Å². The quantitative estimate of drug-likeness (QED) is 0.854. The third-order valence-corrected chi connectivity index (χ3v) is 3.09. The van der Waals surface area contributed by atoms with Crippen molar-refractivity contribution in [3.8, 4) is 11.5 Å². The van der Waals surface area contributed by atoms with Crippen LogP contribution in [0.3, 0.4) is 0 Å². The summed E-state index contributed by atoms with van der Waals surface area (Å²) in [4.78, 5) is 13.4. The number of hydrogen-bond donors (Lipinski definition) is 1. The maximum atomic E-state index is 11.7. The molecule has 0 aromatic heterocycles. The Hall–Kier alpha value is -2.33. The lowest BCUT2D eigenvalue weighted by Gasteiger charge is -2.36. The molecule has 1 saturated heterocycles.